The Labute approximate surface area is 130 Å². The van der Waals surface area contributed by atoms with Crippen LogP contribution in [0.3, 0.4) is 0 Å². The van der Waals surface area contributed by atoms with Gasteiger partial charge in [-0.25, -0.2) is 0 Å². The van der Waals surface area contributed by atoms with Gasteiger partial charge in [0.15, 0.2) is 0 Å². The molecule has 0 amide bonds. The summed E-state index contributed by atoms with van der Waals surface area (Å²) in [4.78, 5) is 4.51. The second-order valence-corrected chi connectivity index (χ2v) is 6.56. The predicted molar refractivity (Wildman–Crippen MR) is 84.7 cm³/mol. The van der Waals surface area contributed by atoms with Crippen LogP contribution in [0.2, 0.25) is 5.02 Å². The van der Waals surface area contributed by atoms with Crippen molar-refractivity contribution in [2.24, 2.45) is 10.9 Å². The highest BCUT2D eigenvalue weighted by Gasteiger charge is 2.23. The second-order valence-electron chi connectivity index (χ2n) is 6.19. The van der Waals surface area contributed by atoms with Crippen LogP contribution in [0.15, 0.2) is 17.1 Å². The molecule has 0 aromatic heterocycles. The SMILES string of the molecule is CC1CCCN=C1c1ccc(OCC(C)(C)O)c(Cl)c1O. The molecule has 1 aromatic rings. The van der Waals surface area contributed by atoms with Gasteiger partial charge in [0, 0.05) is 17.8 Å². The van der Waals surface area contributed by atoms with Crippen LogP contribution in [0.5, 0.6) is 11.5 Å². The molecular weight excluding hydrogens is 290 g/mol. The molecule has 0 bridgehead atoms. The number of halogens is 1. The second kappa shape index (κ2) is 6.24. The van der Waals surface area contributed by atoms with E-state index in [1.807, 2.05) is 0 Å². The van der Waals surface area contributed by atoms with Crippen LogP contribution in [-0.2, 0) is 0 Å². The zero-order valence-electron chi connectivity index (χ0n) is 12.7. The predicted octanol–water partition coefficient (Wildman–Crippen LogP) is 3.41. The zero-order valence-corrected chi connectivity index (χ0v) is 13.4. The number of benzene rings is 1. The lowest BCUT2D eigenvalue weighted by molar-refractivity contribution is 0.0284. The number of aromatic hydroxyl groups is 1. The summed E-state index contributed by atoms with van der Waals surface area (Å²) in [5, 5.41) is 20.2. The van der Waals surface area contributed by atoms with Crippen molar-refractivity contribution in [2.45, 2.75) is 39.2 Å². The lowest BCUT2D eigenvalue weighted by atomic mass is 9.91. The molecule has 1 unspecified atom stereocenters. The number of phenols is 1. The zero-order chi connectivity index (χ0) is 15.6. The number of ether oxygens (including phenoxy) is 1. The Morgan fingerprint density at radius 2 is 2.14 bits per heavy atom. The number of nitrogens with zero attached hydrogens (tertiary/aromatic N) is 1. The molecule has 4 nitrogen and oxygen atoms in total. The maximum Gasteiger partial charge on any atom is 0.147 e. The highest BCUT2D eigenvalue weighted by atomic mass is 35.5. The summed E-state index contributed by atoms with van der Waals surface area (Å²) in [6, 6.07) is 3.49. The molecule has 0 fully saturated rings. The molecule has 0 spiro atoms. The van der Waals surface area contributed by atoms with Crippen LogP contribution < -0.4 is 4.74 Å². The van der Waals surface area contributed by atoms with Crippen molar-refractivity contribution in [3.05, 3.63) is 22.7 Å². The molecule has 2 N–H and O–H groups in total. The number of rotatable bonds is 4. The lowest BCUT2D eigenvalue weighted by Crippen LogP contribution is -2.28. The van der Waals surface area contributed by atoms with Crippen LogP contribution in [0.1, 0.15) is 39.2 Å². The molecule has 1 aliphatic rings. The fraction of sp³-hybridized carbons (Fsp3) is 0.562. The van der Waals surface area contributed by atoms with Crippen molar-refractivity contribution >= 4 is 17.3 Å². The van der Waals surface area contributed by atoms with Crippen molar-refractivity contribution in [3.63, 3.8) is 0 Å². The van der Waals surface area contributed by atoms with Crippen molar-refractivity contribution in [1.29, 1.82) is 0 Å². The molecule has 1 heterocycles. The average Bonchev–Trinajstić information content (AvgIpc) is 2.41. The summed E-state index contributed by atoms with van der Waals surface area (Å²) in [6.45, 7) is 6.28. The molecule has 5 heteroatoms. The Morgan fingerprint density at radius 1 is 1.43 bits per heavy atom. The van der Waals surface area contributed by atoms with E-state index >= 15 is 0 Å². The summed E-state index contributed by atoms with van der Waals surface area (Å²) in [5.41, 5.74) is 0.608. The molecule has 1 aromatic carbocycles. The van der Waals surface area contributed by atoms with Gasteiger partial charge in [-0.1, -0.05) is 18.5 Å². The number of phenolic OH excluding ortho intramolecular Hbond substituents is 1. The number of hydrogen-bond donors (Lipinski definition) is 2. The number of aliphatic hydroxyl groups is 1. The molecule has 0 aliphatic carbocycles. The molecule has 21 heavy (non-hydrogen) atoms. The summed E-state index contributed by atoms with van der Waals surface area (Å²) < 4.78 is 5.47. The maximum absolute atomic E-state index is 10.3. The van der Waals surface area contributed by atoms with Gasteiger partial charge in [0.2, 0.25) is 0 Å². The minimum Gasteiger partial charge on any atom is -0.506 e. The van der Waals surface area contributed by atoms with Gasteiger partial charge in [-0.2, -0.15) is 0 Å². The van der Waals surface area contributed by atoms with Crippen LogP contribution >= 0.6 is 11.6 Å². The normalized spacial score (nSPS) is 19.3. The van der Waals surface area contributed by atoms with E-state index in [-0.39, 0.29) is 17.4 Å². The summed E-state index contributed by atoms with van der Waals surface area (Å²) >= 11 is 6.18. The van der Waals surface area contributed by atoms with Gasteiger partial charge in [-0.05, 0) is 44.7 Å². The van der Waals surface area contributed by atoms with Gasteiger partial charge in [0.25, 0.3) is 0 Å². The van der Waals surface area contributed by atoms with E-state index in [0.717, 1.165) is 25.1 Å². The first kappa shape index (κ1) is 16.1. The monoisotopic (exact) mass is 311 g/mol. The Kier molecular flexibility index (Phi) is 4.79. The highest BCUT2D eigenvalue weighted by molar-refractivity contribution is 6.34. The van der Waals surface area contributed by atoms with Gasteiger partial charge in [0.05, 0.1) is 5.60 Å². The van der Waals surface area contributed by atoms with Gasteiger partial charge >= 0.3 is 0 Å². The Morgan fingerprint density at radius 3 is 2.76 bits per heavy atom. The van der Waals surface area contributed by atoms with Crippen LogP contribution in [-0.4, -0.2) is 34.7 Å². The quantitative estimate of drug-likeness (QED) is 0.895. The average molecular weight is 312 g/mol. The fourth-order valence-corrected chi connectivity index (χ4v) is 2.58. The van der Waals surface area contributed by atoms with E-state index in [1.54, 1.807) is 26.0 Å². The fourth-order valence-electron chi connectivity index (χ4n) is 2.36. The van der Waals surface area contributed by atoms with Crippen LogP contribution in [0, 0.1) is 5.92 Å². The summed E-state index contributed by atoms with van der Waals surface area (Å²) in [7, 11) is 0. The minimum atomic E-state index is -0.959. The van der Waals surface area contributed by atoms with Crippen molar-refractivity contribution < 1.29 is 14.9 Å². The molecule has 2 rings (SSSR count). The summed E-state index contributed by atoms with van der Waals surface area (Å²) in [6.07, 6.45) is 2.14. The largest absolute Gasteiger partial charge is 0.506 e. The van der Waals surface area contributed by atoms with Gasteiger partial charge in [0.1, 0.15) is 23.1 Å². The van der Waals surface area contributed by atoms with Crippen LogP contribution in [0.4, 0.5) is 0 Å². The van der Waals surface area contributed by atoms with Crippen LogP contribution in [0.25, 0.3) is 0 Å². The van der Waals surface area contributed by atoms with E-state index in [4.69, 9.17) is 16.3 Å². The van der Waals surface area contributed by atoms with Gasteiger partial charge in [-0.3, -0.25) is 4.99 Å². The maximum atomic E-state index is 10.3. The summed E-state index contributed by atoms with van der Waals surface area (Å²) in [5.74, 6) is 0.672. The molecular formula is C16H22ClNO3. The lowest BCUT2D eigenvalue weighted by Gasteiger charge is -2.22. The van der Waals surface area contributed by atoms with E-state index < -0.39 is 5.60 Å². The van der Waals surface area contributed by atoms with Gasteiger partial charge in [-0.15, -0.1) is 0 Å². The first-order valence-corrected chi connectivity index (χ1v) is 7.59. The van der Waals surface area contributed by atoms with Crippen molar-refractivity contribution in [1.82, 2.24) is 0 Å². The first-order chi connectivity index (χ1) is 9.79. The van der Waals surface area contributed by atoms with Gasteiger partial charge < -0.3 is 14.9 Å². The highest BCUT2D eigenvalue weighted by Crippen LogP contribution is 2.38. The molecule has 1 atom stereocenters. The Hall–Kier alpha value is -1.26. The molecule has 116 valence electrons. The van der Waals surface area contributed by atoms with E-state index in [9.17, 15) is 10.2 Å². The smallest absolute Gasteiger partial charge is 0.147 e. The standard InChI is InChI=1S/C16H22ClNO3/c1-10-5-4-8-18-14(10)11-6-7-12(13(17)15(11)19)21-9-16(2,3)20/h6-7,10,19-20H,4-5,8-9H2,1-3H3. The number of hydrogen-bond acceptors (Lipinski definition) is 4. The third-order valence-corrected chi connectivity index (χ3v) is 3.85. The van der Waals surface area contributed by atoms with Crippen molar-refractivity contribution in [2.75, 3.05) is 13.2 Å². The Bertz CT molecular complexity index is 549. The van der Waals surface area contributed by atoms with E-state index in [2.05, 4.69) is 11.9 Å². The molecule has 0 radical (unpaired) electrons. The first-order valence-electron chi connectivity index (χ1n) is 7.21. The van der Waals surface area contributed by atoms with E-state index in [1.165, 1.54) is 0 Å². The van der Waals surface area contributed by atoms with E-state index in [0.29, 0.717) is 17.2 Å². The number of aliphatic imine (C=N–C) groups is 1. The third kappa shape index (κ3) is 3.89. The van der Waals surface area contributed by atoms with Crippen molar-refractivity contribution in [3.8, 4) is 11.5 Å². The molecule has 0 saturated heterocycles. The third-order valence-electron chi connectivity index (χ3n) is 3.48. The Balaban J connectivity index is 2.27. The molecule has 0 saturated carbocycles. The topological polar surface area (TPSA) is 62.0 Å². The minimum absolute atomic E-state index is 0.00240. The molecule has 1 aliphatic heterocycles.